The molecule has 0 fully saturated rings. The molecule has 0 bridgehead atoms. The molecule has 0 aliphatic rings. The van der Waals surface area contributed by atoms with Gasteiger partial charge in [0.2, 0.25) is 0 Å². The molecule has 3 nitrogen and oxygen atoms in total. The van der Waals surface area contributed by atoms with Gasteiger partial charge < -0.3 is 5.43 Å². The van der Waals surface area contributed by atoms with E-state index in [2.05, 4.69) is 15.8 Å². The van der Waals surface area contributed by atoms with Crippen molar-refractivity contribution < 1.29 is 0 Å². The molecule has 13 heavy (non-hydrogen) atoms. The summed E-state index contributed by atoms with van der Waals surface area (Å²) in [6.45, 7) is 0. The van der Waals surface area contributed by atoms with Gasteiger partial charge in [-0.1, -0.05) is 6.07 Å². The molecule has 0 amide bonds. The van der Waals surface area contributed by atoms with Crippen LogP contribution in [-0.2, 0) is 0 Å². The van der Waals surface area contributed by atoms with Gasteiger partial charge in [0.05, 0.1) is 11.2 Å². The predicted octanol–water partition coefficient (Wildman–Crippen LogP) is 1.78. The SMILES string of the molecule is CNNc1cccc2ncccc12. The van der Waals surface area contributed by atoms with Crippen molar-refractivity contribution in [2.45, 2.75) is 0 Å². The summed E-state index contributed by atoms with van der Waals surface area (Å²) in [5, 5.41) is 1.12. The molecule has 0 aliphatic heterocycles. The molecule has 1 aromatic carbocycles. The van der Waals surface area contributed by atoms with Crippen molar-refractivity contribution in [3.8, 4) is 0 Å². The Kier molecular flexibility index (Phi) is 2.10. The largest absolute Gasteiger partial charge is 0.321 e. The molecule has 2 aromatic rings. The first-order valence-corrected chi connectivity index (χ1v) is 4.18. The number of nitrogens with zero attached hydrogens (tertiary/aromatic N) is 1. The molecule has 66 valence electrons. The molecule has 1 aromatic heterocycles. The fourth-order valence-corrected chi connectivity index (χ4v) is 1.35. The van der Waals surface area contributed by atoms with E-state index in [4.69, 9.17) is 0 Å². The summed E-state index contributed by atoms with van der Waals surface area (Å²) >= 11 is 0. The molecule has 0 aliphatic carbocycles. The van der Waals surface area contributed by atoms with Crippen LogP contribution in [0.25, 0.3) is 10.9 Å². The Morgan fingerprint density at radius 1 is 1.15 bits per heavy atom. The van der Waals surface area contributed by atoms with E-state index >= 15 is 0 Å². The first kappa shape index (κ1) is 8.01. The summed E-state index contributed by atoms with van der Waals surface area (Å²) in [5.74, 6) is 0. The van der Waals surface area contributed by atoms with Crippen LogP contribution in [0.1, 0.15) is 0 Å². The Hall–Kier alpha value is -1.61. The van der Waals surface area contributed by atoms with E-state index in [1.165, 1.54) is 0 Å². The standard InChI is InChI=1S/C10H11N3/c1-11-13-10-6-2-5-9-8(10)4-3-7-12-9/h2-7,11,13H,1H3. The number of anilines is 1. The minimum atomic E-state index is 1.00. The molecule has 1 heterocycles. The number of pyridine rings is 1. The maximum absolute atomic E-state index is 4.26. The highest BCUT2D eigenvalue weighted by atomic mass is 15.3. The number of benzene rings is 1. The van der Waals surface area contributed by atoms with Gasteiger partial charge in [-0.3, -0.25) is 4.98 Å². The average molecular weight is 173 g/mol. The molecule has 0 radical (unpaired) electrons. The maximum atomic E-state index is 4.26. The Labute approximate surface area is 76.8 Å². The average Bonchev–Trinajstić information content (AvgIpc) is 2.19. The number of aromatic nitrogens is 1. The molecule has 0 unspecified atom stereocenters. The van der Waals surface area contributed by atoms with Gasteiger partial charge in [-0.15, -0.1) is 0 Å². The van der Waals surface area contributed by atoms with Crippen LogP contribution in [-0.4, -0.2) is 12.0 Å². The lowest BCUT2D eigenvalue weighted by atomic mass is 10.2. The Bertz CT molecular complexity index is 406. The van der Waals surface area contributed by atoms with Crippen molar-refractivity contribution in [1.82, 2.24) is 10.4 Å². The number of hydrogen-bond acceptors (Lipinski definition) is 3. The van der Waals surface area contributed by atoms with Gasteiger partial charge >= 0.3 is 0 Å². The first-order valence-electron chi connectivity index (χ1n) is 4.18. The third-order valence-corrected chi connectivity index (χ3v) is 1.91. The summed E-state index contributed by atoms with van der Waals surface area (Å²) in [6, 6.07) is 9.97. The molecular weight excluding hydrogens is 162 g/mol. The van der Waals surface area contributed by atoms with Crippen LogP contribution < -0.4 is 10.9 Å². The minimum Gasteiger partial charge on any atom is -0.321 e. The van der Waals surface area contributed by atoms with Crippen molar-refractivity contribution in [1.29, 1.82) is 0 Å². The Morgan fingerprint density at radius 2 is 2.08 bits per heavy atom. The first-order chi connectivity index (χ1) is 6.42. The number of rotatable bonds is 2. The lowest BCUT2D eigenvalue weighted by molar-refractivity contribution is 0.987. The molecule has 2 rings (SSSR count). The fraction of sp³-hybridized carbons (Fsp3) is 0.100. The third-order valence-electron chi connectivity index (χ3n) is 1.91. The van der Waals surface area contributed by atoms with Gasteiger partial charge in [-0.05, 0) is 24.3 Å². The second-order valence-electron chi connectivity index (χ2n) is 2.75. The summed E-state index contributed by atoms with van der Waals surface area (Å²) in [7, 11) is 1.84. The van der Waals surface area contributed by atoms with Crippen LogP contribution in [0.2, 0.25) is 0 Å². The quantitative estimate of drug-likeness (QED) is 0.680. The normalized spacial score (nSPS) is 10.2. The summed E-state index contributed by atoms with van der Waals surface area (Å²) in [6.07, 6.45) is 1.80. The lowest BCUT2D eigenvalue weighted by Crippen LogP contribution is -2.15. The molecule has 0 spiro atoms. The Balaban J connectivity index is 2.61. The van der Waals surface area contributed by atoms with Crippen molar-refractivity contribution in [2.24, 2.45) is 0 Å². The van der Waals surface area contributed by atoms with Crippen molar-refractivity contribution in [3.63, 3.8) is 0 Å². The highest BCUT2D eigenvalue weighted by Gasteiger charge is 1.97. The molecule has 2 N–H and O–H groups in total. The van der Waals surface area contributed by atoms with Crippen molar-refractivity contribution >= 4 is 16.6 Å². The van der Waals surface area contributed by atoms with Crippen LogP contribution in [0.5, 0.6) is 0 Å². The van der Waals surface area contributed by atoms with E-state index in [0.717, 1.165) is 16.6 Å². The monoisotopic (exact) mass is 173 g/mol. The van der Waals surface area contributed by atoms with E-state index in [0.29, 0.717) is 0 Å². The van der Waals surface area contributed by atoms with Gasteiger partial charge in [0, 0.05) is 18.6 Å². The van der Waals surface area contributed by atoms with Crippen molar-refractivity contribution in [2.75, 3.05) is 12.5 Å². The molecule has 0 saturated carbocycles. The van der Waals surface area contributed by atoms with Crippen LogP contribution >= 0.6 is 0 Å². The number of hydrogen-bond donors (Lipinski definition) is 2. The highest BCUT2D eigenvalue weighted by Crippen LogP contribution is 2.19. The second kappa shape index (κ2) is 3.41. The minimum absolute atomic E-state index is 1.00. The summed E-state index contributed by atoms with van der Waals surface area (Å²) < 4.78 is 0. The second-order valence-corrected chi connectivity index (χ2v) is 2.75. The van der Waals surface area contributed by atoms with E-state index in [9.17, 15) is 0 Å². The van der Waals surface area contributed by atoms with Crippen LogP contribution in [0, 0.1) is 0 Å². The van der Waals surface area contributed by atoms with E-state index in [1.54, 1.807) is 6.20 Å². The third kappa shape index (κ3) is 1.46. The van der Waals surface area contributed by atoms with Crippen molar-refractivity contribution in [3.05, 3.63) is 36.5 Å². The van der Waals surface area contributed by atoms with Crippen LogP contribution in [0.4, 0.5) is 5.69 Å². The van der Waals surface area contributed by atoms with Gasteiger partial charge in [0.25, 0.3) is 0 Å². The molecule has 0 saturated heterocycles. The van der Waals surface area contributed by atoms with E-state index in [1.807, 2.05) is 37.4 Å². The topological polar surface area (TPSA) is 37.0 Å². The van der Waals surface area contributed by atoms with Crippen LogP contribution in [0.15, 0.2) is 36.5 Å². The number of fused-ring (bicyclic) bond motifs is 1. The lowest BCUT2D eigenvalue weighted by Gasteiger charge is -2.06. The number of hydrazine groups is 1. The number of nitrogens with one attached hydrogen (secondary N) is 2. The molecule has 3 heteroatoms. The zero-order valence-electron chi connectivity index (χ0n) is 7.41. The highest BCUT2D eigenvalue weighted by molar-refractivity contribution is 5.90. The van der Waals surface area contributed by atoms with Gasteiger partial charge in [0.1, 0.15) is 0 Å². The van der Waals surface area contributed by atoms with Gasteiger partial charge in [-0.2, -0.15) is 0 Å². The zero-order valence-corrected chi connectivity index (χ0v) is 7.41. The Morgan fingerprint density at radius 3 is 2.92 bits per heavy atom. The van der Waals surface area contributed by atoms with E-state index < -0.39 is 0 Å². The summed E-state index contributed by atoms with van der Waals surface area (Å²) in [4.78, 5) is 4.26. The van der Waals surface area contributed by atoms with Gasteiger partial charge in [0.15, 0.2) is 0 Å². The smallest absolute Gasteiger partial charge is 0.0723 e. The zero-order chi connectivity index (χ0) is 9.10. The van der Waals surface area contributed by atoms with Gasteiger partial charge in [-0.25, -0.2) is 5.43 Å². The molecular formula is C10H11N3. The maximum Gasteiger partial charge on any atom is 0.0723 e. The fourth-order valence-electron chi connectivity index (χ4n) is 1.35. The summed E-state index contributed by atoms with van der Waals surface area (Å²) in [5.41, 5.74) is 8.01. The predicted molar refractivity (Wildman–Crippen MR) is 54.4 cm³/mol. The van der Waals surface area contributed by atoms with E-state index in [-0.39, 0.29) is 0 Å². The van der Waals surface area contributed by atoms with Crippen LogP contribution in [0.3, 0.4) is 0 Å². The molecule has 0 atom stereocenters.